The molecule has 4 nitrogen and oxygen atoms in total. The monoisotopic (exact) mass is 356 g/mol. The molecule has 2 aliphatic heterocycles. The van der Waals surface area contributed by atoms with Gasteiger partial charge in [-0.3, -0.25) is 4.79 Å². The Morgan fingerprint density at radius 3 is 2.62 bits per heavy atom. The van der Waals surface area contributed by atoms with E-state index in [1.165, 1.54) is 12.8 Å². The molecule has 26 heavy (non-hydrogen) atoms. The van der Waals surface area contributed by atoms with E-state index in [9.17, 15) is 4.79 Å². The van der Waals surface area contributed by atoms with Crippen LogP contribution in [0.5, 0.6) is 0 Å². The van der Waals surface area contributed by atoms with Crippen LogP contribution in [0.2, 0.25) is 0 Å². The standard InChI is InChI=1S/C22H32N2O2/c1-17-5-3-4-6-20(17)21(25)24-11-9-22(10-12-24)16-23(2)13-19(22)15-26-14-18-7-8-18/h3-6,18-19H,7-16H2,1-2H3/t19-/m1/s1. The Kier molecular flexibility index (Phi) is 5.07. The third-order valence-electron chi connectivity index (χ3n) is 6.77. The first kappa shape index (κ1) is 18.0. The van der Waals surface area contributed by atoms with Crippen molar-refractivity contribution < 1.29 is 9.53 Å². The summed E-state index contributed by atoms with van der Waals surface area (Å²) >= 11 is 0. The van der Waals surface area contributed by atoms with Gasteiger partial charge in [0.25, 0.3) is 5.91 Å². The van der Waals surface area contributed by atoms with Gasteiger partial charge in [-0.1, -0.05) is 18.2 Å². The molecule has 142 valence electrons. The molecule has 3 fully saturated rings. The number of ether oxygens (including phenoxy) is 1. The Labute approximate surface area is 157 Å². The lowest BCUT2D eigenvalue weighted by Gasteiger charge is -2.42. The molecule has 1 aromatic carbocycles. The van der Waals surface area contributed by atoms with Crippen LogP contribution in [0.1, 0.15) is 41.6 Å². The van der Waals surface area contributed by atoms with Crippen molar-refractivity contribution in [1.29, 1.82) is 0 Å². The number of benzene rings is 1. The highest BCUT2D eigenvalue weighted by Crippen LogP contribution is 2.44. The highest BCUT2D eigenvalue weighted by molar-refractivity contribution is 5.95. The van der Waals surface area contributed by atoms with Crippen molar-refractivity contribution in [3.05, 3.63) is 35.4 Å². The molecule has 1 spiro atoms. The van der Waals surface area contributed by atoms with Gasteiger partial charge in [0.15, 0.2) is 0 Å². The van der Waals surface area contributed by atoms with Crippen LogP contribution in [0.3, 0.4) is 0 Å². The van der Waals surface area contributed by atoms with Crippen LogP contribution in [0.4, 0.5) is 0 Å². The molecular weight excluding hydrogens is 324 g/mol. The number of rotatable bonds is 5. The summed E-state index contributed by atoms with van der Waals surface area (Å²) in [7, 11) is 2.23. The molecule has 2 heterocycles. The molecule has 0 aromatic heterocycles. The van der Waals surface area contributed by atoms with Crippen LogP contribution in [-0.4, -0.2) is 62.1 Å². The van der Waals surface area contributed by atoms with Crippen molar-refractivity contribution in [3.63, 3.8) is 0 Å². The molecular formula is C22H32N2O2. The van der Waals surface area contributed by atoms with E-state index in [4.69, 9.17) is 4.74 Å². The minimum absolute atomic E-state index is 0.200. The fraction of sp³-hybridized carbons (Fsp3) is 0.682. The van der Waals surface area contributed by atoms with Crippen LogP contribution in [0, 0.1) is 24.2 Å². The van der Waals surface area contributed by atoms with Crippen molar-refractivity contribution in [1.82, 2.24) is 9.80 Å². The van der Waals surface area contributed by atoms with Crippen LogP contribution < -0.4 is 0 Å². The summed E-state index contributed by atoms with van der Waals surface area (Å²) in [5, 5.41) is 0. The van der Waals surface area contributed by atoms with Gasteiger partial charge in [-0.15, -0.1) is 0 Å². The summed E-state index contributed by atoms with van der Waals surface area (Å²) in [5.74, 6) is 1.64. The molecule has 1 atom stereocenters. The van der Waals surface area contributed by atoms with Crippen LogP contribution in [0.25, 0.3) is 0 Å². The molecule has 0 unspecified atom stereocenters. The number of aryl methyl sites for hydroxylation is 1. The lowest BCUT2D eigenvalue weighted by molar-refractivity contribution is 0.0180. The first-order valence-corrected chi connectivity index (χ1v) is 10.2. The molecule has 1 aromatic rings. The molecule has 2 saturated heterocycles. The van der Waals surface area contributed by atoms with E-state index in [0.29, 0.717) is 11.3 Å². The number of hydrogen-bond acceptors (Lipinski definition) is 3. The zero-order valence-electron chi connectivity index (χ0n) is 16.2. The largest absolute Gasteiger partial charge is 0.381 e. The summed E-state index contributed by atoms with van der Waals surface area (Å²) in [4.78, 5) is 17.4. The van der Waals surface area contributed by atoms with Crippen molar-refractivity contribution in [3.8, 4) is 0 Å². The van der Waals surface area contributed by atoms with Gasteiger partial charge in [0.1, 0.15) is 0 Å². The maximum atomic E-state index is 12.9. The van der Waals surface area contributed by atoms with Crippen LogP contribution in [0.15, 0.2) is 24.3 Å². The summed E-state index contributed by atoms with van der Waals surface area (Å²) in [6.45, 7) is 7.91. The van der Waals surface area contributed by atoms with Crippen molar-refractivity contribution in [2.75, 3.05) is 46.4 Å². The number of amides is 1. The van der Waals surface area contributed by atoms with Crippen LogP contribution in [-0.2, 0) is 4.74 Å². The third kappa shape index (κ3) is 3.67. The average molecular weight is 357 g/mol. The predicted molar refractivity (Wildman–Crippen MR) is 103 cm³/mol. The van der Waals surface area contributed by atoms with Gasteiger partial charge in [0.2, 0.25) is 0 Å². The van der Waals surface area contributed by atoms with Crippen molar-refractivity contribution >= 4 is 5.91 Å². The van der Waals surface area contributed by atoms with Crippen molar-refractivity contribution in [2.24, 2.45) is 17.3 Å². The van der Waals surface area contributed by atoms with E-state index in [-0.39, 0.29) is 5.91 Å². The zero-order valence-corrected chi connectivity index (χ0v) is 16.2. The first-order valence-electron chi connectivity index (χ1n) is 10.2. The zero-order chi connectivity index (χ0) is 18.1. The SMILES string of the molecule is Cc1ccccc1C(=O)N1CCC2(CC1)CN(C)C[C@@H]2COCC1CC1. The smallest absolute Gasteiger partial charge is 0.254 e. The summed E-state index contributed by atoms with van der Waals surface area (Å²) < 4.78 is 6.07. The second kappa shape index (κ2) is 7.32. The lowest BCUT2D eigenvalue weighted by Crippen LogP contribution is -2.47. The van der Waals surface area contributed by atoms with Crippen LogP contribution >= 0.6 is 0 Å². The maximum Gasteiger partial charge on any atom is 0.254 e. The van der Waals surface area contributed by atoms with Gasteiger partial charge in [-0.05, 0) is 62.6 Å². The molecule has 0 radical (unpaired) electrons. The molecule has 4 heteroatoms. The van der Waals surface area contributed by atoms with Gasteiger partial charge in [-0.2, -0.15) is 0 Å². The summed E-state index contributed by atoms with van der Waals surface area (Å²) in [6.07, 6.45) is 4.91. The predicted octanol–water partition coefficient (Wildman–Crippen LogP) is 3.21. The molecule has 1 saturated carbocycles. The molecule has 3 aliphatic rings. The van der Waals surface area contributed by atoms with E-state index >= 15 is 0 Å². The molecule has 4 rings (SSSR count). The minimum atomic E-state index is 0.200. The Morgan fingerprint density at radius 1 is 1.19 bits per heavy atom. The van der Waals surface area contributed by atoms with Gasteiger partial charge < -0.3 is 14.5 Å². The fourth-order valence-corrected chi connectivity index (χ4v) is 4.90. The van der Waals surface area contributed by atoms with E-state index in [2.05, 4.69) is 16.8 Å². The lowest BCUT2D eigenvalue weighted by atomic mass is 9.71. The van der Waals surface area contributed by atoms with Gasteiger partial charge in [0, 0.05) is 44.3 Å². The molecule has 0 N–H and O–H groups in total. The second-order valence-corrected chi connectivity index (χ2v) is 8.84. The van der Waals surface area contributed by atoms with Gasteiger partial charge in [0.05, 0.1) is 6.61 Å². The molecule has 0 bridgehead atoms. The first-order chi connectivity index (χ1) is 12.6. The normalized spacial score (nSPS) is 25.8. The Bertz CT molecular complexity index is 647. The second-order valence-electron chi connectivity index (χ2n) is 8.84. The highest BCUT2D eigenvalue weighted by atomic mass is 16.5. The van der Waals surface area contributed by atoms with E-state index in [1.54, 1.807) is 0 Å². The number of carbonyl (C=O) groups is 1. The van der Waals surface area contributed by atoms with E-state index < -0.39 is 0 Å². The van der Waals surface area contributed by atoms with Gasteiger partial charge >= 0.3 is 0 Å². The third-order valence-corrected chi connectivity index (χ3v) is 6.77. The van der Waals surface area contributed by atoms with Crippen molar-refractivity contribution in [2.45, 2.75) is 32.6 Å². The number of hydrogen-bond donors (Lipinski definition) is 0. The summed E-state index contributed by atoms with van der Waals surface area (Å²) in [5.41, 5.74) is 2.27. The topological polar surface area (TPSA) is 32.8 Å². The summed E-state index contributed by atoms with van der Waals surface area (Å²) in [6, 6.07) is 7.94. The fourth-order valence-electron chi connectivity index (χ4n) is 4.90. The maximum absolute atomic E-state index is 12.9. The molecule has 1 aliphatic carbocycles. The Morgan fingerprint density at radius 2 is 1.92 bits per heavy atom. The molecule has 1 amide bonds. The number of likely N-dealkylation sites (tertiary alicyclic amines) is 2. The highest BCUT2D eigenvalue weighted by Gasteiger charge is 2.47. The minimum Gasteiger partial charge on any atom is -0.381 e. The van der Waals surface area contributed by atoms with Gasteiger partial charge in [-0.25, -0.2) is 0 Å². The Hall–Kier alpha value is -1.39. The number of nitrogens with zero attached hydrogens (tertiary/aromatic N) is 2. The average Bonchev–Trinajstić information content (AvgIpc) is 3.40. The number of piperidine rings is 1. The quantitative estimate of drug-likeness (QED) is 0.812. The Balaban J connectivity index is 1.37. The van der Waals surface area contributed by atoms with E-state index in [0.717, 1.165) is 69.3 Å². The number of carbonyl (C=O) groups excluding carboxylic acids is 1. The van der Waals surface area contributed by atoms with E-state index in [1.807, 2.05) is 31.2 Å².